The quantitative estimate of drug-likeness (QED) is 0.0652. The second kappa shape index (κ2) is 23.0. The molecule has 15 nitrogen and oxygen atoms in total. The standard InChI is InChI=1S/C44H69N7O8S/c1-29(2)44(42(57)50-40-39(47-28-52)48-31(4)32(5)49-40,51-37(54)23-17-11-14-20-33-18-12-9-13-19-33)30(3)36(53)25-45-38(55)26-46-41(56)35(24-34-21-15-10-16-22-34)27-60(58,59)43(6,7)8/h10,15-16,21-22,28-30,33,35-36,53H,9,11-14,17-20,23-27H2,1-8H3,(H,45,55)(H,46,56)(H,51,54)(H,47,48,52)(H,49,50,57)/t30-,35?,36?,44-/m0/s1. The Morgan fingerprint density at radius 1 is 0.883 bits per heavy atom. The number of carbonyl (C=O) groups is 5. The van der Waals surface area contributed by atoms with Crippen molar-refractivity contribution in [1.29, 1.82) is 0 Å². The molecule has 1 heterocycles. The fraction of sp³-hybridized carbons (Fsp3) is 0.659. The number of carbonyl (C=O) groups excluding carboxylic acids is 5. The van der Waals surface area contributed by atoms with Gasteiger partial charge in [-0.25, -0.2) is 18.4 Å². The number of rotatable bonds is 23. The van der Waals surface area contributed by atoms with Gasteiger partial charge < -0.3 is 31.7 Å². The molecule has 1 saturated carbocycles. The number of nitrogens with zero attached hydrogens (tertiary/aromatic N) is 2. The van der Waals surface area contributed by atoms with Gasteiger partial charge in [-0.2, -0.15) is 0 Å². The Hall–Kier alpha value is -4.44. The highest BCUT2D eigenvalue weighted by molar-refractivity contribution is 7.92. The molecule has 0 radical (unpaired) electrons. The zero-order valence-corrected chi connectivity index (χ0v) is 37.7. The summed E-state index contributed by atoms with van der Waals surface area (Å²) in [6.07, 6.45) is 9.36. The third-order valence-corrected chi connectivity index (χ3v) is 14.6. The van der Waals surface area contributed by atoms with E-state index in [4.69, 9.17) is 0 Å². The fourth-order valence-corrected chi connectivity index (χ4v) is 9.04. The Kier molecular flexibility index (Phi) is 19.1. The summed E-state index contributed by atoms with van der Waals surface area (Å²) in [5, 5.41) is 25.0. The average molecular weight is 856 g/mol. The molecule has 1 fully saturated rings. The molecule has 0 spiro atoms. The number of sulfone groups is 1. The highest BCUT2D eigenvalue weighted by Crippen LogP contribution is 2.33. The Labute approximate surface area is 356 Å². The lowest BCUT2D eigenvalue weighted by molar-refractivity contribution is -0.137. The minimum Gasteiger partial charge on any atom is -0.391 e. The lowest BCUT2D eigenvalue weighted by Crippen LogP contribution is -2.67. The number of hydrogen-bond donors (Lipinski definition) is 6. The van der Waals surface area contributed by atoms with Crippen LogP contribution in [0.3, 0.4) is 0 Å². The van der Waals surface area contributed by atoms with Crippen molar-refractivity contribution < 1.29 is 37.5 Å². The molecular weight excluding hydrogens is 787 g/mol. The molecule has 1 aliphatic rings. The van der Waals surface area contributed by atoms with E-state index in [1.54, 1.807) is 79.7 Å². The van der Waals surface area contributed by atoms with Crippen molar-refractivity contribution in [3.63, 3.8) is 0 Å². The van der Waals surface area contributed by atoms with E-state index in [2.05, 4.69) is 36.6 Å². The van der Waals surface area contributed by atoms with Crippen LogP contribution < -0.4 is 26.6 Å². The minimum absolute atomic E-state index is 0.00734. The SMILES string of the molecule is Cc1nc(NC=O)c(NC(=O)[C@](NC(=O)CCCCCC2CCCCC2)(C(C)C)[C@@H](C)C(O)CNC(=O)CNC(=O)C(Cc2ccccc2)CS(=O)(=O)C(C)(C)C)nc1C. The monoisotopic (exact) mass is 855 g/mol. The number of amides is 5. The number of benzene rings is 1. The largest absolute Gasteiger partial charge is 0.391 e. The molecule has 3 rings (SSSR count). The summed E-state index contributed by atoms with van der Waals surface area (Å²) in [6, 6.07) is 9.01. The molecule has 5 amide bonds. The van der Waals surface area contributed by atoms with Crippen molar-refractivity contribution in [1.82, 2.24) is 25.9 Å². The summed E-state index contributed by atoms with van der Waals surface area (Å²) >= 11 is 0. The molecule has 60 heavy (non-hydrogen) atoms. The summed E-state index contributed by atoms with van der Waals surface area (Å²) in [6.45, 7) is 12.4. The Bertz CT molecular complexity index is 1860. The third kappa shape index (κ3) is 14.3. The first-order valence-corrected chi connectivity index (χ1v) is 23.0. The fourth-order valence-electron chi connectivity index (χ4n) is 7.75. The number of anilines is 2. The molecule has 334 valence electrons. The zero-order chi connectivity index (χ0) is 44.7. The Balaban J connectivity index is 1.76. The number of aromatic nitrogens is 2. The smallest absolute Gasteiger partial charge is 0.252 e. The molecule has 0 bridgehead atoms. The highest BCUT2D eigenvalue weighted by Gasteiger charge is 2.50. The maximum atomic E-state index is 14.5. The van der Waals surface area contributed by atoms with Gasteiger partial charge in [-0.15, -0.1) is 0 Å². The van der Waals surface area contributed by atoms with Gasteiger partial charge in [0, 0.05) is 18.9 Å². The van der Waals surface area contributed by atoms with Gasteiger partial charge >= 0.3 is 0 Å². The maximum Gasteiger partial charge on any atom is 0.252 e. The van der Waals surface area contributed by atoms with Crippen molar-refractivity contribution in [3.8, 4) is 0 Å². The van der Waals surface area contributed by atoms with E-state index in [9.17, 15) is 37.5 Å². The van der Waals surface area contributed by atoms with E-state index in [1.165, 1.54) is 32.1 Å². The molecule has 1 aliphatic carbocycles. The van der Waals surface area contributed by atoms with Crippen LogP contribution in [0, 0.1) is 37.5 Å². The van der Waals surface area contributed by atoms with E-state index in [-0.39, 0.29) is 36.9 Å². The minimum atomic E-state index is -3.69. The lowest BCUT2D eigenvalue weighted by Gasteiger charge is -2.43. The number of aryl methyl sites for hydroxylation is 2. The molecule has 4 atom stereocenters. The predicted octanol–water partition coefficient (Wildman–Crippen LogP) is 4.94. The second-order valence-corrected chi connectivity index (χ2v) is 20.4. The molecule has 2 unspecified atom stereocenters. The molecule has 1 aromatic carbocycles. The van der Waals surface area contributed by atoms with Crippen molar-refractivity contribution >= 4 is 51.5 Å². The van der Waals surface area contributed by atoms with E-state index in [0.29, 0.717) is 24.2 Å². The summed E-state index contributed by atoms with van der Waals surface area (Å²) in [5.74, 6) is -4.61. The zero-order valence-electron chi connectivity index (χ0n) is 36.9. The second-order valence-electron chi connectivity index (χ2n) is 17.6. The van der Waals surface area contributed by atoms with E-state index < -0.39 is 74.0 Å². The first kappa shape index (κ1) is 49.9. The van der Waals surface area contributed by atoms with Gasteiger partial charge in [0.2, 0.25) is 24.1 Å². The van der Waals surface area contributed by atoms with Crippen LogP contribution in [0.1, 0.15) is 123 Å². The van der Waals surface area contributed by atoms with Crippen molar-refractivity contribution in [2.45, 2.75) is 142 Å². The van der Waals surface area contributed by atoms with Crippen LogP contribution in [0.2, 0.25) is 0 Å². The van der Waals surface area contributed by atoms with Gasteiger partial charge in [0.15, 0.2) is 21.5 Å². The summed E-state index contributed by atoms with van der Waals surface area (Å²) in [5.41, 5.74) is 0.0593. The van der Waals surface area contributed by atoms with Gasteiger partial charge in [0.25, 0.3) is 5.91 Å². The number of nitrogens with one attached hydrogen (secondary N) is 5. The van der Waals surface area contributed by atoms with Crippen LogP contribution in [-0.4, -0.2) is 88.8 Å². The summed E-state index contributed by atoms with van der Waals surface area (Å²) in [7, 11) is -3.69. The van der Waals surface area contributed by atoms with Gasteiger partial charge in [-0.1, -0.05) is 102 Å². The number of hydrogen-bond acceptors (Lipinski definition) is 10. The van der Waals surface area contributed by atoms with E-state index in [1.807, 2.05) is 6.07 Å². The van der Waals surface area contributed by atoms with Crippen molar-refractivity contribution in [2.75, 3.05) is 29.5 Å². The first-order valence-electron chi connectivity index (χ1n) is 21.4. The lowest BCUT2D eigenvalue weighted by atomic mass is 9.72. The van der Waals surface area contributed by atoms with E-state index >= 15 is 0 Å². The predicted molar refractivity (Wildman–Crippen MR) is 234 cm³/mol. The number of unbranched alkanes of at least 4 members (excludes halogenated alkanes) is 2. The maximum absolute atomic E-state index is 14.5. The molecule has 2 aromatic rings. The Morgan fingerprint density at radius 3 is 2.12 bits per heavy atom. The van der Waals surface area contributed by atoms with Crippen molar-refractivity contribution in [2.24, 2.45) is 23.7 Å². The molecule has 1 aromatic heterocycles. The average Bonchev–Trinajstić information content (AvgIpc) is 3.19. The van der Waals surface area contributed by atoms with Crippen LogP contribution in [0.4, 0.5) is 11.6 Å². The topological polar surface area (TPSA) is 226 Å². The molecular formula is C44H69N7O8S. The highest BCUT2D eigenvalue weighted by atomic mass is 32.2. The molecule has 16 heteroatoms. The summed E-state index contributed by atoms with van der Waals surface area (Å²) < 4.78 is 25.2. The first-order chi connectivity index (χ1) is 28.2. The normalized spacial score (nSPS) is 16.2. The molecule has 0 saturated heterocycles. The van der Waals surface area contributed by atoms with Crippen LogP contribution in [0.25, 0.3) is 0 Å². The van der Waals surface area contributed by atoms with Crippen LogP contribution in [0.5, 0.6) is 0 Å². The van der Waals surface area contributed by atoms with Gasteiger partial charge in [-0.3, -0.25) is 24.0 Å². The van der Waals surface area contributed by atoms with Crippen LogP contribution in [0.15, 0.2) is 30.3 Å². The van der Waals surface area contributed by atoms with Crippen LogP contribution >= 0.6 is 0 Å². The van der Waals surface area contributed by atoms with E-state index in [0.717, 1.165) is 30.7 Å². The third-order valence-electron chi connectivity index (χ3n) is 11.9. The Morgan fingerprint density at radius 2 is 1.52 bits per heavy atom. The molecule has 0 aliphatic heterocycles. The van der Waals surface area contributed by atoms with Crippen LogP contribution in [-0.2, 0) is 40.2 Å². The van der Waals surface area contributed by atoms with Gasteiger partial charge in [0.1, 0.15) is 5.54 Å². The summed E-state index contributed by atoms with van der Waals surface area (Å²) in [4.78, 5) is 75.0. The van der Waals surface area contributed by atoms with Gasteiger partial charge in [-0.05, 0) is 64.9 Å². The number of aliphatic hydroxyl groups is 1. The van der Waals surface area contributed by atoms with Crippen molar-refractivity contribution in [3.05, 3.63) is 47.3 Å². The number of aliphatic hydroxyl groups excluding tert-OH is 1. The molecule has 6 N–H and O–H groups in total. The van der Waals surface area contributed by atoms with Gasteiger partial charge in [0.05, 0.1) is 40.5 Å².